The molecule has 1 aromatic rings. The van der Waals surface area contributed by atoms with Gasteiger partial charge in [0.25, 0.3) is 0 Å². The van der Waals surface area contributed by atoms with Gasteiger partial charge in [-0.1, -0.05) is 33.8 Å². The smallest absolute Gasteiger partial charge is 0.311 e. The Bertz CT molecular complexity index is 1080. The van der Waals surface area contributed by atoms with Gasteiger partial charge in [0.1, 0.15) is 5.75 Å². The maximum absolute atomic E-state index is 13.1. The van der Waals surface area contributed by atoms with Crippen molar-refractivity contribution in [1.29, 1.82) is 0 Å². The molecule has 2 fully saturated rings. The van der Waals surface area contributed by atoms with Crippen LogP contribution in [0.25, 0.3) is 0 Å². The third kappa shape index (κ3) is 6.87. The number of carbonyl (C=O) groups excluding carboxylic acids is 2. The number of nitrogens with zero attached hydrogens (tertiary/aromatic N) is 2. The molecule has 0 aromatic heterocycles. The van der Waals surface area contributed by atoms with Crippen molar-refractivity contribution < 1.29 is 19.4 Å². The van der Waals surface area contributed by atoms with Gasteiger partial charge >= 0.3 is 5.97 Å². The first-order valence-electron chi connectivity index (χ1n) is 14.5. The van der Waals surface area contributed by atoms with E-state index in [2.05, 4.69) is 38.3 Å². The molecule has 0 saturated heterocycles. The molecule has 1 amide bonds. The van der Waals surface area contributed by atoms with Crippen molar-refractivity contribution in [3.8, 4) is 5.75 Å². The number of amides is 1. The zero-order chi connectivity index (χ0) is 28.6. The third-order valence-electron chi connectivity index (χ3n) is 9.30. The zero-order valence-electron chi connectivity index (χ0n) is 24.5. The van der Waals surface area contributed by atoms with Gasteiger partial charge in [0.15, 0.2) is 0 Å². The molecule has 1 aromatic carbocycles. The molecule has 0 heterocycles. The summed E-state index contributed by atoms with van der Waals surface area (Å²) in [4.78, 5) is 38.4. The summed E-state index contributed by atoms with van der Waals surface area (Å²) in [6.45, 7) is 13.1. The van der Waals surface area contributed by atoms with E-state index in [-0.39, 0.29) is 35.7 Å². The van der Waals surface area contributed by atoms with Crippen LogP contribution in [0.3, 0.4) is 0 Å². The lowest BCUT2D eigenvalue weighted by atomic mass is 9.55. The normalized spacial score (nSPS) is 28.2. The number of hydrogen-bond acceptors (Lipinski definition) is 7. The highest BCUT2D eigenvalue weighted by atomic mass is 32.2. The van der Waals surface area contributed by atoms with E-state index in [9.17, 15) is 19.6 Å². The molecule has 8 heteroatoms. The quantitative estimate of drug-likeness (QED) is 0.158. The van der Waals surface area contributed by atoms with Crippen LogP contribution in [0, 0.1) is 27.6 Å². The lowest BCUT2D eigenvalue weighted by Gasteiger charge is -2.50. The van der Waals surface area contributed by atoms with Crippen LogP contribution in [-0.2, 0) is 16.0 Å². The third-order valence-corrected chi connectivity index (χ3v) is 9.99. The molecule has 0 spiro atoms. The Morgan fingerprint density at radius 3 is 2.54 bits per heavy atom. The number of aliphatic hydroxyl groups is 1. The first kappa shape index (κ1) is 30.0. The van der Waals surface area contributed by atoms with Crippen molar-refractivity contribution in [2.45, 2.75) is 110 Å². The van der Waals surface area contributed by atoms with E-state index in [1.54, 1.807) is 4.90 Å². The van der Waals surface area contributed by atoms with E-state index < -0.39 is 10.7 Å². The summed E-state index contributed by atoms with van der Waals surface area (Å²) in [5, 5.41) is 10.6. The Kier molecular flexibility index (Phi) is 8.87. The molecule has 4 rings (SSSR count). The zero-order valence-corrected chi connectivity index (χ0v) is 25.3. The summed E-state index contributed by atoms with van der Waals surface area (Å²) < 4.78 is 8.12. The predicted molar refractivity (Wildman–Crippen MR) is 155 cm³/mol. The van der Waals surface area contributed by atoms with E-state index in [1.165, 1.54) is 11.1 Å². The summed E-state index contributed by atoms with van der Waals surface area (Å²) in [6.07, 6.45) is 6.20. The minimum absolute atomic E-state index is 0.00332. The number of nitroso groups, excluding NO2 is 1. The van der Waals surface area contributed by atoms with Gasteiger partial charge in [-0.15, -0.1) is 4.91 Å². The first-order valence-corrected chi connectivity index (χ1v) is 15.3. The van der Waals surface area contributed by atoms with Gasteiger partial charge in [0.2, 0.25) is 5.91 Å². The second-order valence-electron chi connectivity index (χ2n) is 14.1. The SMILES string of the molecule is CC(C)(C)CN(CC(C)(C)SN=O)C(=O)CCC(=O)Oc1ccc2c(c1)CC[C@@H]1[C@@H]2CC[C@]2(C)[C@@H](O)CC[C@@H]12. The van der Waals surface area contributed by atoms with Crippen molar-refractivity contribution in [2.24, 2.45) is 27.2 Å². The maximum Gasteiger partial charge on any atom is 0.311 e. The average molecular weight is 559 g/mol. The van der Waals surface area contributed by atoms with Gasteiger partial charge < -0.3 is 14.7 Å². The molecular formula is C31H46N2O5S. The number of carbonyl (C=O) groups is 2. The van der Waals surface area contributed by atoms with E-state index in [0.29, 0.717) is 36.6 Å². The fourth-order valence-electron chi connectivity index (χ4n) is 7.54. The Morgan fingerprint density at radius 2 is 1.85 bits per heavy atom. The van der Waals surface area contributed by atoms with E-state index >= 15 is 0 Å². The van der Waals surface area contributed by atoms with Crippen molar-refractivity contribution in [1.82, 2.24) is 4.90 Å². The number of hydrogen-bond donors (Lipinski definition) is 1. The van der Waals surface area contributed by atoms with Crippen LogP contribution in [0.2, 0.25) is 0 Å². The monoisotopic (exact) mass is 558 g/mol. The molecule has 3 aliphatic carbocycles. The lowest BCUT2D eigenvalue weighted by Crippen LogP contribution is -2.44. The second kappa shape index (κ2) is 11.5. The Morgan fingerprint density at radius 1 is 1.10 bits per heavy atom. The van der Waals surface area contributed by atoms with Crippen LogP contribution < -0.4 is 4.74 Å². The highest BCUT2D eigenvalue weighted by Crippen LogP contribution is 2.60. The maximum atomic E-state index is 13.1. The summed E-state index contributed by atoms with van der Waals surface area (Å²) in [6, 6.07) is 6.05. The van der Waals surface area contributed by atoms with Crippen molar-refractivity contribution >= 4 is 23.8 Å². The number of aliphatic hydroxyl groups excluding tert-OH is 1. The molecule has 3 aliphatic rings. The molecule has 0 unspecified atom stereocenters. The molecule has 39 heavy (non-hydrogen) atoms. The summed E-state index contributed by atoms with van der Waals surface area (Å²) in [5.41, 5.74) is 2.59. The van der Waals surface area contributed by atoms with E-state index in [0.717, 1.165) is 50.5 Å². The predicted octanol–water partition coefficient (Wildman–Crippen LogP) is 6.66. The van der Waals surface area contributed by atoms with Gasteiger partial charge in [-0.2, -0.15) is 0 Å². The fraction of sp³-hybridized carbons (Fsp3) is 0.742. The molecular weight excluding hydrogens is 512 g/mol. The Hall–Kier alpha value is -1.93. The minimum atomic E-state index is -0.514. The molecule has 2 saturated carbocycles. The van der Waals surface area contributed by atoms with Crippen molar-refractivity contribution in [3.63, 3.8) is 0 Å². The molecule has 5 atom stereocenters. The standard InChI is InChI=1S/C31H46N2O5S/c1-29(2,3)18-33(19-30(4,5)39-32-37)27(35)13-14-28(36)38-21-8-10-22-20(17-21)7-9-24-23(22)15-16-31(6)25(24)11-12-26(31)34/h8,10,17,23-26,34H,7,9,11-16,18-19H2,1-6H3/t23-,24-,25+,26+,31+/m1/s1. The Labute approximate surface area is 237 Å². The highest BCUT2D eigenvalue weighted by Gasteiger charge is 2.54. The number of benzene rings is 1. The first-order chi connectivity index (χ1) is 18.2. The average Bonchev–Trinajstić information content (AvgIpc) is 3.15. The number of aryl methyl sites for hydroxylation is 1. The van der Waals surface area contributed by atoms with Gasteiger partial charge in [0.05, 0.1) is 17.3 Å². The van der Waals surface area contributed by atoms with E-state index in [1.807, 2.05) is 26.0 Å². The van der Waals surface area contributed by atoms with Gasteiger partial charge in [-0.3, -0.25) is 9.59 Å². The summed E-state index contributed by atoms with van der Waals surface area (Å²) >= 11 is 0.927. The molecule has 216 valence electrons. The lowest BCUT2D eigenvalue weighted by molar-refractivity contribution is -0.139. The van der Waals surface area contributed by atoms with Gasteiger partial charge in [-0.05, 0) is 104 Å². The summed E-state index contributed by atoms with van der Waals surface area (Å²) in [5.74, 6) is 1.73. The number of fused-ring (bicyclic) bond motifs is 5. The van der Waals surface area contributed by atoms with Crippen LogP contribution in [0.1, 0.15) is 104 Å². The molecule has 0 bridgehead atoms. The number of rotatable bonds is 9. The number of ether oxygens (including phenoxy) is 1. The molecule has 0 radical (unpaired) electrons. The van der Waals surface area contributed by atoms with Crippen LogP contribution >= 0.6 is 11.9 Å². The largest absolute Gasteiger partial charge is 0.427 e. The van der Waals surface area contributed by atoms with Crippen LogP contribution in [0.4, 0.5) is 0 Å². The fourth-order valence-corrected chi connectivity index (χ4v) is 7.95. The van der Waals surface area contributed by atoms with Crippen LogP contribution in [-0.4, -0.2) is 45.8 Å². The topological polar surface area (TPSA) is 96.3 Å². The molecule has 1 N–H and O–H groups in total. The van der Waals surface area contributed by atoms with Crippen LogP contribution in [0.5, 0.6) is 5.75 Å². The molecule has 0 aliphatic heterocycles. The van der Waals surface area contributed by atoms with Gasteiger partial charge in [-0.25, -0.2) is 0 Å². The highest BCUT2D eigenvalue weighted by molar-refractivity contribution is 7.99. The van der Waals surface area contributed by atoms with Crippen LogP contribution in [0.15, 0.2) is 22.8 Å². The van der Waals surface area contributed by atoms with Gasteiger partial charge in [0, 0.05) is 36.0 Å². The van der Waals surface area contributed by atoms with E-state index in [4.69, 9.17) is 4.74 Å². The van der Waals surface area contributed by atoms with Crippen molar-refractivity contribution in [2.75, 3.05) is 13.1 Å². The second-order valence-corrected chi connectivity index (χ2v) is 15.6. The minimum Gasteiger partial charge on any atom is -0.427 e. The molecule has 7 nitrogen and oxygen atoms in total. The Balaban J connectivity index is 1.35. The number of esters is 1. The van der Waals surface area contributed by atoms with Crippen molar-refractivity contribution in [3.05, 3.63) is 34.2 Å². The summed E-state index contributed by atoms with van der Waals surface area (Å²) in [7, 11) is 0.